The molecule has 0 N–H and O–H groups in total. The van der Waals surface area contributed by atoms with Crippen LogP contribution in [0.25, 0.3) is 0 Å². The predicted octanol–water partition coefficient (Wildman–Crippen LogP) is 13.4. The minimum Gasteiger partial charge on any atom is -0.0885 e. The zero-order chi connectivity index (χ0) is 28.9. The molecule has 0 amide bonds. The predicted molar refractivity (Wildman–Crippen MR) is 186 cm³/mol. The lowest BCUT2D eigenvalue weighted by atomic mass is 10.2. The van der Waals surface area contributed by atoms with Crippen molar-refractivity contribution in [3.63, 3.8) is 0 Å². The van der Waals surface area contributed by atoms with Gasteiger partial charge in [-0.05, 0) is 77.0 Å². The summed E-state index contributed by atoms with van der Waals surface area (Å²) in [5.74, 6) is 0. The van der Waals surface area contributed by atoms with E-state index in [2.05, 4.69) is 148 Å². The van der Waals surface area contributed by atoms with Crippen LogP contribution in [0, 0.1) is 0 Å². The standard InChI is InChI=1S/C30H40.C10H20/c1-2-4-6-8-10-12-14-16-18-20-22-24-26-28-30-29-27-25-23-21-19-17-15-13-11-9-7-5-3-1;1-3-5-7-9-10-8-6-4-2/h1-2,5-8,11-14,17-20,23-26,29-30H,3-4,9-10,15-16,21-22,27-28H2;9-10H,3-8H2,1-2H3/b2-1-,7-5+,8-6+,13-11+,14-12+,19-17+,20-18+,25-23+,26-24+,30-29?;10-9+. The second-order valence-electron chi connectivity index (χ2n) is 9.83. The first-order chi connectivity index (χ1) is 19.9. The lowest BCUT2D eigenvalue weighted by molar-refractivity contribution is 0.793. The van der Waals surface area contributed by atoms with Gasteiger partial charge in [0, 0.05) is 0 Å². The van der Waals surface area contributed by atoms with Gasteiger partial charge in [-0.2, -0.15) is 0 Å². The third-order valence-corrected chi connectivity index (χ3v) is 6.00. The van der Waals surface area contributed by atoms with Crippen LogP contribution < -0.4 is 0 Å². The second-order valence-corrected chi connectivity index (χ2v) is 9.83. The zero-order valence-corrected chi connectivity index (χ0v) is 26.0. The summed E-state index contributed by atoms with van der Waals surface area (Å²) < 4.78 is 0. The van der Waals surface area contributed by atoms with Crippen molar-refractivity contribution < 1.29 is 0 Å². The van der Waals surface area contributed by atoms with E-state index in [1.54, 1.807) is 0 Å². The van der Waals surface area contributed by atoms with E-state index in [9.17, 15) is 0 Å². The molecule has 1 rings (SSSR count). The van der Waals surface area contributed by atoms with Gasteiger partial charge in [-0.25, -0.2) is 0 Å². The van der Waals surface area contributed by atoms with Gasteiger partial charge in [-0.15, -0.1) is 0 Å². The third-order valence-electron chi connectivity index (χ3n) is 6.00. The molecule has 0 bridgehead atoms. The van der Waals surface area contributed by atoms with Crippen molar-refractivity contribution in [1.29, 1.82) is 0 Å². The van der Waals surface area contributed by atoms with Crippen LogP contribution in [0.5, 0.6) is 0 Å². The summed E-state index contributed by atoms with van der Waals surface area (Å²) in [4.78, 5) is 0. The van der Waals surface area contributed by atoms with Crippen molar-refractivity contribution in [2.45, 2.75) is 117 Å². The van der Waals surface area contributed by atoms with Gasteiger partial charge in [-0.1, -0.05) is 173 Å². The molecule has 0 aromatic rings. The van der Waals surface area contributed by atoms with E-state index in [1.165, 1.54) is 38.5 Å². The first-order valence-corrected chi connectivity index (χ1v) is 16.1. The molecule has 0 saturated heterocycles. The van der Waals surface area contributed by atoms with Crippen molar-refractivity contribution in [1.82, 2.24) is 0 Å². The van der Waals surface area contributed by atoms with E-state index in [4.69, 9.17) is 0 Å². The van der Waals surface area contributed by atoms with E-state index in [-0.39, 0.29) is 0 Å². The molecule has 0 aliphatic heterocycles. The molecule has 0 unspecified atom stereocenters. The van der Waals surface area contributed by atoms with Crippen LogP contribution >= 0.6 is 0 Å². The molecule has 220 valence electrons. The smallest absolute Gasteiger partial charge is 0.0169 e. The average molecular weight is 541 g/mol. The third kappa shape index (κ3) is 35.1. The highest BCUT2D eigenvalue weighted by Crippen LogP contribution is 2.00. The van der Waals surface area contributed by atoms with E-state index in [0.717, 1.165) is 64.2 Å². The van der Waals surface area contributed by atoms with Crippen LogP contribution in [0.1, 0.15) is 117 Å². The quantitative estimate of drug-likeness (QED) is 0.232. The van der Waals surface area contributed by atoms with Crippen molar-refractivity contribution in [3.05, 3.63) is 134 Å². The van der Waals surface area contributed by atoms with Crippen molar-refractivity contribution in [3.8, 4) is 0 Å². The Morgan fingerprint density at radius 2 is 0.450 bits per heavy atom. The molecule has 0 radical (unpaired) electrons. The molecule has 0 nitrogen and oxygen atoms in total. The summed E-state index contributed by atoms with van der Waals surface area (Å²) in [7, 11) is 0. The number of unbranched alkanes of at least 4 members (excludes halogenated alkanes) is 4. The molecular formula is C40H60. The van der Waals surface area contributed by atoms with E-state index >= 15 is 0 Å². The summed E-state index contributed by atoms with van der Waals surface area (Å²) in [5, 5.41) is 0. The highest BCUT2D eigenvalue weighted by molar-refractivity contribution is 5.04. The Bertz CT molecular complexity index is 580. The molecule has 40 heavy (non-hydrogen) atoms. The number of allylic oxidation sites excluding steroid dienone is 22. The molecule has 1 aliphatic rings. The Kier molecular flexibility index (Phi) is 33.6. The Hall–Kier alpha value is -2.86. The maximum atomic E-state index is 2.32. The van der Waals surface area contributed by atoms with Gasteiger partial charge in [0.05, 0.1) is 0 Å². The van der Waals surface area contributed by atoms with Gasteiger partial charge >= 0.3 is 0 Å². The topological polar surface area (TPSA) is 0 Å². The lowest BCUT2D eigenvalue weighted by Gasteiger charge is -1.89. The molecule has 0 fully saturated rings. The second kappa shape index (κ2) is 36.1. The van der Waals surface area contributed by atoms with Crippen LogP contribution in [0.2, 0.25) is 0 Å². The Labute approximate surface area is 249 Å². The summed E-state index contributed by atoms with van der Waals surface area (Å²) in [6, 6.07) is 0. The van der Waals surface area contributed by atoms with E-state index in [0.29, 0.717) is 0 Å². The monoisotopic (exact) mass is 540 g/mol. The van der Waals surface area contributed by atoms with Crippen molar-refractivity contribution in [2.75, 3.05) is 0 Å². The maximum Gasteiger partial charge on any atom is -0.0169 e. The number of hydrogen-bond donors (Lipinski definition) is 0. The fourth-order valence-corrected chi connectivity index (χ4v) is 3.59. The minimum atomic E-state index is 1.02. The summed E-state index contributed by atoms with van der Waals surface area (Å²) >= 11 is 0. The Morgan fingerprint density at radius 3 is 0.575 bits per heavy atom. The summed E-state index contributed by atoms with van der Waals surface area (Å²) in [6.07, 6.45) is 67.5. The van der Waals surface area contributed by atoms with Gasteiger partial charge in [0.25, 0.3) is 0 Å². The molecular weight excluding hydrogens is 480 g/mol. The molecule has 0 aromatic heterocycles. The van der Waals surface area contributed by atoms with Crippen LogP contribution in [0.15, 0.2) is 134 Å². The number of hydrogen-bond acceptors (Lipinski definition) is 0. The highest BCUT2D eigenvalue weighted by Gasteiger charge is 1.80. The van der Waals surface area contributed by atoms with Crippen LogP contribution in [0.4, 0.5) is 0 Å². The van der Waals surface area contributed by atoms with Gasteiger partial charge < -0.3 is 0 Å². The largest absolute Gasteiger partial charge is 0.0885 e. The molecule has 1 aliphatic carbocycles. The molecule has 0 heterocycles. The van der Waals surface area contributed by atoms with Gasteiger partial charge in [0.1, 0.15) is 0 Å². The summed E-state index contributed by atoms with van der Waals surface area (Å²) in [6.45, 7) is 4.47. The van der Waals surface area contributed by atoms with Crippen molar-refractivity contribution in [2.24, 2.45) is 0 Å². The van der Waals surface area contributed by atoms with Crippen LogP contribution in [-0.4, -0.2) is 0 Å². The fraction of sp³-hybridized carbons (Fsp3) is 0.450. The number of rotatable bonds is 6. The maximum absolute atomic E-state index is 2.32. The molecule has 0 heteroatoms. The first kappa shape index (κ1) is 37.1. The average Bonchev–Trinajstić information content (AvgIpc) is 2.97. The Balaban J connectivity index is 0.00000129. The summed E-state index contributed by atoms with van der Waals surface area (Å²) in [5.41, 5.74) is 0. The van der Waals surface area contributed by atoms with Gasteiger partial charge in [0.15, 0.2) is 0 Å². The van der Waals surface area contributed by atoms with Gasteiger partial charge in [0.2, 0.25) is 0 Å². The highest BCUT2D eigenvalue weighted by atomic mass is 13.9. The molecule has 0 spiro atoms. The van der Waals surface area contributed by atoms with Crippen molar-refractivity contribution >= 4 is 0 Å². The van der Waals surface area contributed by atoms with E-state index in [1.807, 2.05) is 0 Å². The Morgan fingerprint density at radius 1 is 0.300 bits per heavy atom. The first-order valence-electron chi connectivity index (χ1n) is 16.1. The normalized spacial score (nSPS) is 23.9. The zero-order valence-electron chi connectivity index (χ0n) is 26.0. The van der Waals surface area contributed by atoms with Crippen LogP contribution in [0.3, 0.4) is 0 Å². The molecule has 0 aromatic carbocycles. The minimum absolute atomic E-state index is 1.02. The van der Waals surface area contributed by atoms with Gasteiger partial charge in [-0.3, -0.25) is 0 Å². The van der Waals surface area contributed by atoms with E-state index < -0.39 is 0 Å². The SMILES string of the molecule is C1=CC/C=C/C/C=C/C/C=C/C/C=C/C/C=C\C/C=C/C/C=C/C/C=C/C/C=C/C1.CCCC/C=C/CCCC. The molecule has 0 saturated carbocycles. The molecule has 0 atom stereocenters. The fourth-order valence-electron chi connectivity index (χ4n) is 3.59. The lowest BCUT2D eigenvalue weighted by Crippen LogP contribution is -1.69. The van der Waals surface area contributed by atoms with Crippen LogP contribution in [-0.2, 0) is 0 Å².